The van der Waals surface area contributed by atoms with Crippen LogP contribution in [0.3, 0.4) is 0 Å². The molecule has 0 aliphatic carbocycles. The van der Waals surface area contributed by atoms with Crippen molar-refractivity contribution in [1.82, 2.24) is 9.97 Å². The predicted octanol–water partition coefficient (Wildman–Crippen LogP) is 2.59. The van der Waals surface area contributed by atoms with Crippen molar-refractivity contribution in [2.75, 3.05) is 11.9 Å². The van der Waals surface area contributed by atoms with Crippen molar-refractivity contribution in [2.24, 2.45) is 0 Å². The minimum Gasteiger partial charge on any atom is -0.369 e. The van der Waals surface area contributed by atoms with Gasteiger partial charge in [-0.25, -0.2) is 14.4 Å². The summed E-state index contributed by atoms with van der Waals surface area (Å²) < 4.78 is 12.9. The standard InChI is InChI=1S/C11H12FN3/c1-2-5-13-11-9-4-3-8(12)6-10(9)14-7-15-11/h3-4,6-7H,2,5H2,1H3,(H,13,14,15). The van der Waals surface area contributed by atoms with Crippen molar-refractivity contribution >= 4 is 16.7 Å². The van der Waals surface area contributed by atoms with Gasteiger partial charge < -0.3 is 5.32 Å². The Kier molecular flexibility index (Phi) is 2.76. The largest absolute Gasteiger partial charge is 0.369 e. The Labute approximate surface area is 87.4 Å². The van der Waals surface area contributed by atoms with E-state index in [2.05, 4.69) is 22.2 Å². The van der Waals surface area contributed by atoms with E-state index in [1.165, 1.54) is 18.5 Å². The number of nitrogens with one attached hydrogen (secondary N) is 1. The zero-order valence-corrected chi connectivity index (χ0v) is 8.50. The number of anilines is 1. The summed E-state index contributed by atoms with van der Waals surface area (Å²) in [6.45, 7) is 2.93. The fourth-order valence-electron chi connectivity index (χ4n) is 1.41. The lowest BCUT2D eigenvalue weighted by atomic mass is 10.2. The van der Waals surface area contributed by atoms with E-state index in [1.54, 1.807) is 6.07 Å². The maximum atomic E-state index is 12.9. The van der Waals surface area contributed by atoms with E-state index in [1.807, 2.05) is 0 Å². The van der Waals surface area contributed by atoms with Crippen LogP contribution in [0.1, 0.15) is 13.3 Å². The van der Waals surface area contributed by atoms with Crippen LogP contribution in [0.2, 0.25) is 0 Å². The molecule has 1 aromatic heterocycles. The van der Waals surface area contributed by atoms with Gasteiger partial charge in [0.1, 0.15) is 18.0 Å². The van der Waals surface area contributed by atoms with Gasteiger partial charge in [0.15, 0.2) is 0 Å². The van der Waals surface area contributed by atoms with Gasteiger partial charge in [0.05, 0.1) is 5.52 Å². The van der Waals surface area contributed by atoms with Gasteiger partial charge in [-0.3, -0.25) is 0 Å². The Bertz CT molecular complexity index is 470. The summed E-state index contributed by atoms with van der Waals surface area (Å²) >= 11 is 0. The number of hydrogen-bond acceptors (Lipinski definition) is 3. The number of fused-ring (bicyclic) bond motifs is 1. The molecule has 15 heavy (non-hydrogen) atoms. The third-order valence-corrected chi connectivity index (χ3v) is 2.14. The van der Waals surface area contributed by atoms with Crippen LogP contribution < -0.4 is 5.32 Å². The second-order valence-electron chi connectivity index (χ2n) is 3.31. The summed E-state index contributed by atoms with van der Waals surface area (Å²) in [4.78, 5) is 8.15. The molecule has 0 radical (unpaired) electrons. The number of halogens is 1. The Morgan fingerprint density at radius 1 is 1.33 bits per heavy atom. The quantitative estimate of drug-likeness (QED) is 0.836. The highest BCUT2D eigenvalue weighted by Crippen LogP contribution is 2.19. The molecular formula is C11H12FN3. The van der Waals surface area contributed by atoms with Crippen LogP contribution >= 0.6 is 0 Å². The molecule has 78 valence electrons. The third-order valence-electron chi connectivity index (χ3n) is 2.14. The zero-order valence-electron chi connectivity index (χ0n) is 8.50. The van der Waals surface area contributed by atoms with Gasteiger partial charge in [-0.15, -0.1) is 0 Å². The first-order valence-corrected chi connectivity index (χ1v) is 4.95. The smallest absolute Gasteiger partial charge is 0.137 e. The summed E-state index contributed by atoms with van der Waals surface area (Å²) in [5.74, 6) is 0.490. The average Bonchev–Trinajstić information content (AvgIpc) is 2.25. The summed E-state index contributed by atoms with van der Waals surface area (Å²) in [5.41, 5.74) is 0.628. The normalized spacial score (nSPS) is 10.5. The molecule has 1 N–H and O–H groups in total. The van der Waals surface area contributed by atoms with Crippen LogP contribution in [-0.2, 0) is 0 Å². The fourth-order valence-corrected chi connectivity index (χ4v) is 1.41. The van der Waals surface area contributed by atoms with Crippen LogP contribution in [0, 0.1) is 5.82 Å². The van der Waals surface area contributed by atoms with E-state index < -0.39 is 0 Å². The summed E-state index contributed by atoms with van der Waals surface area (Å²) in [6.07, 6.45) is 2.46. The van der Waals surface area contributed by atoms with Gasteiger partial charge >= 0.3 is 0 Å². The molecule has 2 rings (SSSR count). The Balaban J connectivity index is 2.46. The maximum absolute atomic E-state index is 12.9. The summed E-state index contributed by atoms with van der Waals surface area (Å²) in [5, 5.41) is 4.04. The van der Waals surface area contributed by atoms with Gasteiger partial charge in [-0.1, -0.05) is 6.92 Å². The number of hydrogen-bond donors (Lipinski definition) is 1. The van der Waals surface area contributed by atoms with Crippen molar-refractivity contribution in [1.29, 1.82) is 0 Å². The first-order valence-electron chi connectivity index (χ1n) is 4.95. The molecule has 1 aromatic carbocycles. The average molecular weight is 205 g/mol. The number of benzene rings is 1. The lowest BCUT2D eigenvalue weighted by Gasteiger charge is -2.06. The zero-order chi connectivity index (χ0) is 10.7. The molecular weight excluding hydrogens is 193 g/mol. The molecule has 3 nitrogen and oxygen atoms in total. The minimum absolute atomic E-state index is 0.275. The van der Waals surface area contributed by atoms with E-state index in [-0.39, 0.29) is 5.82 Å². The summed E-state index contributed by atoms with van der Waals surface area (Å²) in [7, 11) is 0. The Hall–Kier alpha value is -1.71. The second-order valence-corrected chi connectivity index (χ2v) is 3.31. The molecule has 1 heterocycles. The van der Waals surface area contributed by atoms with Crippen molar-refractivity contribution in [3.05, 3.63) is 30.3 Å². The third kappa shape index (κ3) is 2.03. The van der Waals surface area contributed by atoms with E-state index in [4.69, 9.17) is 0 Å². The second kappa shape index (κ2) is 4.21. The van der Waals surface area contributed by atoms with Crippen LogP contribution in [-0.4, -0.2) is 16.5 Å². The van der Waals surface area contributed by atoms with Crippen molar-refractivity contribution in [3.8, 4) is 0 Å². The van der Waals surface area contributed by atoms with Crippen molar-refractivity contribution in [3.63, 3.8) is 0 Å². The molecule has 0 fully saturated rings. The molecule has 0 bridgehead atoms. The molecule has 0 saturated carbocycles. The van der Waals surface area contributed by atoms with Crippen molar-refractivity contribution < 1.29 is 4.39 Å². The monoisotopic (exact) mass is 205 g/mol. The SMILES string of the molecule is CCCNc1ncnc2cc(F)ccc12. The first-order chi connectivity index (χ1) is 7.31. The summed E-state index contributed by atoms with van der Waals surface area (Å²) in [6, 6.07) is 4.53. The molecule has 0 amide bonds. The Morgan fingerprint density at radius 3 is 3.00 bits per heavy atom. The number of aromatic nitrogens is 2. The highest BCUT2D eigenvalue weighted by Gasteiger charge is 2.03. The lowest BCUT2D eigenvalue weighted by Crippen LogP contribution is -2.02. The molecule has 0 unspecified atom stereocenters. The Morgan fingerprint density at radius 2 is 2.20 bits per heavy atom. The van der Waals surface area contributed by atoms with Crippen molar-refractivity contribution in [2.45, 2.75) is 13.3 Å². The minimum atomic E-state index is -0.275. The van der Waals surface area contributed by atoms with Crippen LogP contribution in [0.4, 0.5) is 10.2 Å². The number of rotatable bonds is 3. The highest BCUT2D eigenvalue weighted by atomic mass is 19.1. The molecule has 0 saturated heterocycles. The van der Waals surface area contributed by atoms with E-state index in [0.717, 1.165) is 24.2 Å². The van der Waals surface area contributed by atoms with Gasteiger partial charge in [-0.2, -0.15) is 0 Å². The maximum Gasteiger partial charge on any atom is 0.137 e. The van der Waals surface area contributed by atoms with Crippen LogP contribution in [0.15, 0.2) is 24.5 Å². The number of nitrogens with zero attached hydrogens (tertiary/aromatic N) is 2. The molecule has 0 aliphatic rings. The molecule has 0 spiro atoms. The predicted molar refractivity (Wildman–Crippen MR) is 58.3 cm³/mol. The molecule has 0 aliphatic heterocycles. The topological polar surface area (TPSA) is 37.8 Å². The highest BCUT2D eigenvalue weighted by molar-refractivity contribution is 5.88. The fraction of sp³-hybridized carbons (Fsp3) is 0.273. The molecule has 2 aromatic rings. The van der Waals surface area contributed by atoms with Crippen LogP contribution in [0.25, 0.3) is 10.9 Å². The van der Waals surface area contributed by atoms with Crippen LogP contribution in [0.5, 0.6) is 0 Å². The van der Waals surface area contributed by atoms with E-state index in [9.17, 15) is 4.39 Å². The van der Waals surface area contributed by atoms with E-state index in [0.29, 0.717) is 5.52 Å². The lowest BCUT2D eigenvalue weighted by molar-refractivity contribution is 0.629. The first kappa shape index (κ1) is 9.83. The molecule has 0 atom stereocenters. The van der Waals surface area contributed by atoms with Gasteiger partial charge in [0.2, 0.25) is 0 Å². The van der Waals surface area contributed by atoms with E-state index >= 15 is 0 Å². The van der Waals surface area contributed by atoms with Gasteiger partial charge in [0.25, 0.3) is 0 Å². The van der Waals surface area contributed by atoms with Gasteiger partial charge in [0, 0.05) is 18.0 Å². The molecule has 4 heteroatoms. The van der Waals surface area contributed by atoms with Gasteiger partial charge in [-0.05, 0) is 18.6 Å².